The summed E-state index contributed by atoms with van der Waals surface area (Å²) >= 11 is 0. The van der Waals surface area contributed by atoms with Crippen LogP contribution in [0.25, 0.3) is 78.3 Å². The molecule has 1 aliphatic rings. The second-order valence-corrected chi connectivity index (χ2v) is 15.4. The van der Waals surface area contributed by atoms with Gasteiger partial charge in [-0.1, -0.05) is 182 Å². The molecule has 0 saturated carbocycles. The van der Waals surface area contributed by atoms with Gasteiger partial charge in [0, 0.05) is 16.7 Å². The molecule has 0 fully saturated rings. The fraction of sp³-hybridized carbons (Fsp3) is 0.0175. The van der Waals surface area contributed by atoms with Gasteiger partial charge in [-0.25, -0.2) is 15.0 Å². The van der Waals surface area contributed by atoms with Gasteiger partial charge in [0.1, 0.15) is 0 Å². The molecule has 11 rings (SSSR count). The molecule has 61 heavy (non-hydrogen) atoms. The average Bonchev–Trinajstić information content (AvgIpc) is 3.67. The van der Waals surface area contributed by atoms with Gasteiger partial charge in [0.25, 0.3) is 0 Å². The lowest BCUT2D eigenvalue weighted by Crippen LogP contribution is -2.28. The molecule has 1 aromatic heterocycles. The third-order valence-electron chi connectivity index (χ3n) is 12.0. The van der Waals surface area contributed by atoms with Crippen LogP contribution < -0.4 is 0 Å². The lowest BCUT2D eigenvalue weighted by Gasteiger charge is -2.35. The molecule has 0 atom stereocenters. The van der Waals surface area contributed by atoms with Crippen molar-refractivity contribution in [1.29, 1.82) is 5.26 Å². The number of aromatic nitrogens is 3. The van der Waals surface area contributed by atoms with Crippen molar-refractivity contribution in [3.8, 4) is 73.6 Å². The number of benzene rings is 9. The Hall–Kier alpha value is -8.26. The largest absolute Gasteiger partial charge is 0.208 e. The van der Waals surface area contributed by atoms with Gasteiger partial charge in [-0.15, -0.1) is 0 Å². The third-order valence-corrected chi connectivity index (χ3v) is 12.0. The van der Waals surface area contributed by atoms with Gasteiger partial charge in [0.05, 0.1) is 17.0 Å². The van der Waals surface area contributed by atoms with Crippen molar-refractivity contribution in [2.45, 2.75) is 5.41 Å². The summed E-state index contributed by atoms with van der Waals surface area (Å²) in [6, 6.07) is 79.0. The van der Waals surface area contributed by atoms with Gasteiger partial charge in [-0.05, 0) is 103 Å². The summed E-state index contributed by atoms with van der Waals surface area (Å²) in [6.45, 7) is 0. The van der Waals surface area contributed by atoms with Crippen LogP contribution in [0.15, 0.2) is 218 Å². The predicted octanol–water partition coefficient (Wildman–Crippen LogP) is 13.6. The zero-order chi connectivity index (χ0) is 40.8. The summed E-state index contributed by atoms with van der Waals surface area (Å²) in [6.07, 6.45) is 0. The first kappa shape index (κ1) is 35.9. The summed E-state index contributed by atoms with van der Waals surface area (Å²) in [5.41, 5.74) is 14.2. The Morgan fingerprint density at radius 3 is 1.48 bits per heavy atom. The van der Waals surface area contributed by atoms with E-state index in [2.05, 4.69) is 140 Å². The summed E-state index contributed by atoms with van der Waals surface area (Å²) in [5, 5.41) is 12.1. The van der Waals surface area contributed by atoms with E-state index < -0.39 is 5.41 Å². The molecule has 4 heteroatoms. The van der Waals surface area contributed by atoms with Crippen molar-refractivity contribution in [1.82, 2.24) is 15.0 Å². The van der Waals surface area contributed by atoms with Gasteiger partial charge < -0.3 is 0 Å². The van der Waals surface area contributed by atoms with Crippen LogP contribution in [-0.4, -0.2) is 15.0 Å². The maximum Gasteiger partial charge on any atom is 0.164 e. The number of rotatable bonds is 7. The Morgan fingerprint density at radius 1 is 0.377 bits per heavy atom. The van der Waals surface area contributed by atoms with E-state index in [1.165, 1.54) is 38.8 Å². The summed E-state index contributed by atoms with van der Waals surface area (Å²) in [7, 11) is 0. The zero-order valence-corrected chi connectivity index (χ0v) is 33.1. The molecule has 0 aliphatic heterocycles. The fourth-order valence-electron chi connectivity index (χ4n) is 9.30. The highest BCUT2D eigenvalue weighted by Gasteiger charge is 2.48. The number of nitriles is 1. The predicted molar refractivity (Wildman–Crippen MR) is 247 cm³/mol. The quantitative estimate of drug-likeness (QED) is 0.162. The molecule has 4 nitrogen and oxygen atoms in total. The van der Waals surface area contributed by atoms with E-state index >= 15 is 0 Å². The second kappa shape index (κ2) is 14.8. The van der Waals surface area contributed by atoms with Crippen molar-refractivity contribution >= 4 is 10.8 Å². The second-order valence-electron chi connectivity index (χ2n) is 15.4. The molecule has 9 aromatic carbocycles. The molecular formula is C57H36N4. The Balaban J connectivity index is 1.24. The Kier molecular flexibility index (Phi) is 8.73. The number of nitrogens with zero attached hydrogens (tertiary/aromatic N) is 4. The molecule has 0 N–H and O–H groups in total. The van der Waals surface area contributed by atoms with E-state index in [0.717, 1.165) is 44.3 Å². The molecule has 1 aliphatic carbocycles. The van der Waals surface area contributed by atoms with Crippen LogP contribution in [0, 0.1) is 11.3 Å². The number of hydrogen-bond acceptors (Lipinski definition) is 4. The normalized spacial score (nSPS) is 12.4. The smallest absolute Gasteiger partial charge is 0.164 e. The first-order chi connectivity index (χ1) is 30.2. The molecule has 1 heterocycles. The highest BCUT2D eigenvalue weighted by Crippen LogP contribution is 2.60. The van der Waals surface area contributed by atoms with Crippen molar-refractivity contribution in [3.05, 3.63) is 246 Å². The SMILES string of the molecule is N#Cc1ccc(-c2cc(-c3nc(-c4ccccc4)nc(-c4ccccc4)n3)cc(-c3cc4ccccc4c4c3-c3ccccc3C4(c3ccccc3)c3ccccc3)c2)cc1. The number of hydrogen-bond donors (Lipinski definition) is 0. The van der Waals surface area contributed by atoms with E-state index in [0.29, 0.717) is 23.0 Å². The molecule has 0 unspecified atom stereocenters. The molecule has 0 bridgehead atoms. The highest BCUT2D eigenvalue weighted by molar-refractivity contribution is 6.07. The lowest BCUT2D eigenvalue weighted by molar-refractivity contribution is 0.775. The van der Waals surface area contributed by atoms with Gasteiger partial charge in [0.2, 0.25) is 0 Å². The standard InChI is InChI=1S/C57H36N4/c58-37-38-29-31-39(32-30-38)43-33-44(35-45(34-43)56-60-54(40-17-5-1-6-18-40)59-55(61-56)41-19-7-2-8-20-41)50-36-42-21-13-14-26-48(42)53-52(50)49-27-15-16-28-51(49)57(53,46-22-9-3-10-23-46)47-24-11-4-12-25-47/h1-36H. The Labute approximate surface area is 354 Å². The maximum atomic E-state index is 9.72. The van der Waals surface area contributed by atoms with E-state index in [4.69, 9.17) is 15.0 Å². The van der Waals surface area contributed by atoms with Crippen LogP contribution in [-0.2, 0) is 5.41 Å². The minimum Gasteiger partial charge on any atom is -0.208 e. The van der Waals surface area contributed by atoms with Gasteiger partial charge in [0.15, 0.2) is 17.5 Å². The fourth-order valence-corrected chi connectivity index (χ4v) is 9.30. The van der Waals surface area contributed by atoms with Crippen molar-refractivity contribution < 1.29 is 0 Å². The highest BCUT2D eigenvalue weighted by atomic mass is 15.0. The van der Waals surface area contributed by atoms with Crippen molar-refractivity contribution in [3.63, 3.8) is 0 Å². The molecule has 284 valence electrons. The minimum atomic E-state index is -0.596. The Morgan fingerprint density at radius 2 is 0.869 bits per heavy atom. The first-order valence-electron chi connectivity index (χ1n) is 20.5. The molecule has 0 saturated heterocycles. The Bertz CT molecular complexity index is 3190. The number of fused-ring (bicyclic) bond motifs is 5. The molecule has 0 spiro atoms. The van der Waals surface area contributed by atoms with Crippen LogP contribution >= 0.6 is 0 Å². The van der Waals surface area contributed by atoms with E-state index in [1.807, 2.05) is 84.9 Å². The summed E-state index contributed by atoms with van der Waals surface area (Å²) < 4.78 is 0. The summed E-state index contributed by atoms with van der Waals surface area (Å²) in [4.78, 5) is 15.4. The van der Waals surface area contributed by atoms with E-state index in [1.54, 1.807) is 0 Å². The van der Waals surface area contributed by atoms with Crippen LogP contribution in [0.1, 0.15) is 27.8 Å². The topological polar surface area (TPSA) is 62.5 Å². The molecule has 0 amide bonds. The lowest BCUT2D eigenvalue weighted by atomic mass is 9.66. The van der Waals surface area contributed by atoms with E-state index in [9.17, 15) is 5.26 Å². The van der Waals surface area contributed by atoms with Gasteiger partial charge in [-0.3, -0.25) is 0 Å². The van der Waals surface area contributed by atoms with Crippen LogP contribution in [0.5, 0.6) is 0 Å². The zero-order valence-electron chi connectivity index (χ0n) is 33.1. The first-order valence-corrected chi connectivity index (χ1v) is 20.5. The average molecular weight is 777 g/mol. The van der Waals surface area contributed by atoms with Crippen molar-refractivity contribution in [2.75, 3.05) is 0 Å². The summed E-state index contributed by atoms with van der Waals surface area (Å²) in [5.74, 6) is 1.78. The van der Waals surface area contributed by atoms with Gasteiger partial charge >= 0.3 is 0 Å². The van der Waals surface area contributed by atoms with Crippen LogP contribution in [0.3, 0.4) is 0 Å². The van der Waals surface area contributed by atoms with Crippen molar-refractivity contribution in [2.24, 2.45) is 0 Å². The third kappa shape index (κ3) is 6.03. The monoisotopic (exact) mass is 776 g/mol. The maximum absolute atomic E-state index is 9.72. The molecular weight excluding hydrogens is 741 g/mol. The molecule has 10 aromatic rings. The molecule has 0 radical (unpaired) electrons. The van der Waals surface area contributed by atoms with Gasteiger partial charge in [-0.2, -0.15) is 5.26 Å². The minimum absolute atomic E-state index is 0.574. The van der Waals surface area contributed by atoms with Crippen LogP contribution in [0.2, 0.25) is 0 Å². The van der Waals surface area contributed by atoms with E-state index in [-0.39, 0.29) is 0 Å². The van der Waals surface area contributed by atoms with Crippen LogP contribution in [0.4, 0.5) is 0 Å².